The Morgan fingerprint density at radius 2 is 2.11 bits per heavy atom. The molecule has 0 amide bonds. The van der Waals surface area contributed by atoms with Gasteiger partial charge in [-0.15, -0.1) is 0 Å². The Morgan fingerprint density at radius 3 is 2.79 bits per heavy atom. The average molecular weight is 435 g/mol. The lowest BCUT2D eigenvalue weighted by atomic mass is 10.1. The van der Waals surface area contributed by atoms with Crippen LogP contribution < -0.4 is 16.9 Å². The number of hydrogen-bond acceptors (Lipinski definition) is 7. The predicted octanol–water partition coefficient (Wildman–Crippen LogP) is 2.67. The lowest BCUT2D eigenvalue weighted by Gasteiger charge is -2.30. The summed E-state index contributed by atoms with van der Waals surface area (Å²) in [4.78, 5) is 14.0. The number of amidine groups is 2. The van der Waals surface area contributed by atoms with Crippen LogP contribution in [-0.2, 0) is 11.4 Å². The van der Waals surface area contributed by atoms with Gasteiger partial charge in [-0.2, -0.15) is 23.6 Å². The number of allylic oxidation sites excluding steroid dienone is 1. The maximum absolute atomic E-state index is 12.7. The molecule has 7 nitrogen and oxygen atoms in total. The van der Waals surface area contributed by atoms with Crippen molar-refractivity contribution in [3.63, 3.8) is 0 Å². The minimum atomic E-state index is -4.68. The summed E-state index contributed by atoms with van der Waals surface area (Å²) in [5.41, 5.74) is 14.5. The van der Waals surface area contributed by atoms with Crippen molar-refractivity contribution in [3.8, 4) is 0 Å². The van der Waals surface area contributed by atoms with Crippen molar-refractivity contribution in [2.24, 2.45) is 21.5 Å². The number of hydroxylamine groups is 1. The number of alkyl halides is 3. The highest BCUT2D eigenvalue weighted by Crippen LogP contribution is 2.26. The third kappa shape index (κ3) is 4.45. The van der Waals surface area contributed by atoms with E-state index in [0.29, 0.717) is 35.4 Å². The molecule has 0 radical (unpaired) electrons. The molecule has 0 fully saturated rings. The number of hydrogen-bond donors (Lipinski definition) is 3. The van der Waals surface area contributed by atoms with Crippen LogP contribution in [0.15, 0.2) is 51.5 Å². The number of nitrogens with two attached hydrogens (primary N) is 2. The van der Waals surface area contributed by atoms with E-state index in [1.54, 1.807) is 23.7 Å². The standard InChI is InChI=1S/C16H15Cl2F3N6O/c17-9-1-2-10(18)8(5-9)7-27-4-3-24-13(23)12(27)6-11(22)14-25-15(26-28-14)16(19,20)21/h1-2,5-6H,3-4,7,22H2,(H2,23,24)(H,25,26). The van der Waals surface area contributed by atoms with Gasteiger partial charge in [0.15, 0.2) is 0 Å². The van der Waals surface area contributed by atoms with Gasteiger partial charge in [0.25, 0.3) is 5.88 Å². The molecule has 5 N–H and O–H groups in total. The van der Waals surface area contributed by atoms with Crippen LogP contribution in [0.1, 0.15) is 5.56 Å². The number of halogens is 5. The highest BCUT2D eigenvalue weighted by molar-refractivity contribution is 6.33. The fourth-order valence-corrected chi connectivity index (χ4v) is 2.92. The topological polar surface area (TPSA) is 101 Å². The molecule has 2 aliphatic heterocycles. The molecule has 28 heavy (non-hydrogen) atoms. The van der Waals surface area contributed by atoms with Crippen LogP contribution in [0.3, 0.4) is 0 Å². The summed E-state index contributed by atoms with van der Waals surface area (Å²) < 4.78 is 38.0. The fourth-order valence-electron chi connectivity index (χ4n) is 2.55. The highest BCUT2D eigenvalue weighted by atomic mass is 35.5. The summed E-state index contributed by atoms with van der Waals surface area (Å²) in [5.74, 6) is -1.53. The first-order chi connectivity index (χ1) is 13.1. The van der Waals surface area contributed by atoms with Gasteiger partial charge in [0.05, 0.1) is 17.9 Å². The summed E-state index contributed by atoms with van der Waals surface area (Å²) in [5, 5.41) is 1.03. The van der Waals surface area contributed by atoms with Crippen molar-refractivity contribution in [1.29, 1.82) is 0 Å². The van der Waals surface area contributed by atoms with E-state index < -0.39 is 17.9 Å². The van der Waals surface area contributed by atoms with Crippen LogP contribution in [0.25, 0.3) is 0 Å². The largest absolute Gasteiger partial charge is 0.452 e. The molecule has 0 aromatic heterocycles. The Kier molecular flexibility index (Phi) is 5.61. The second-order valence-corrected chi connectivity index (χ2v) is 6.72. The van der Waals surface area contributed by atoms with Crippen LogP contribution in [0, 0.1) is 0 Å². The molecule has 0 unspecified atom stereocenters. The Balaban J connectivity index is 1.92. The molecule has 3 rings (SSSR count). The first-order valence-corrected chi connectivity index (χ1v) is 8.70. The molecule has 0 aliphatic carbocycles. The van der Waals surface area contributed by atoms with Crippen molar-refractivity contribution in [1.82, 2.24) is 10.4 Å². The Hall–Kier alpha value is -2.59. The second kappa shape index (κ2) is 7.80. The lowest BCUT2D eigenvalue weighted by molar-refractivity contribution is -0.0657. The van der Waals surface area contributed by atoms with Gasteiger partial charge >= 0.3 is 6.18 Å². The Bertz CT molecular complexity index is 910. The van der Waals surface area contributed by atoms with Crippen molar-refractivity contribution in [2.45, 2.75) is 12.7 Å². The number of aliphatic imine (C=N–C) groups is 2. The Morgan fingerprint density at radius 1 is 1.36 bits per heavy atom. The normalized spacial score (nSPS) is 20.5. The van der Waals surface area contributed by atoms with Crippen LogP contribution in [0.4, 0.5) is 13.2 Å². The molecule has 0 bridgehead atoms. The monoisotopic (exact) mass is 434 g/mol. The number of nitrogens with zero attached hydrogens (tertiary/aromatic N) is 3. The van der Waals surface area contributed by atoms with Crippen molar-refractivity contribution in [3.05, 3.63) is 57.2 Å². The quantitative estimate of drug-likeness (QED) is 0.678. The van der Waals surface area contributed by atoms with E-state index in [4.69, 9.17) is 39.5 Å². The maximum Gasteiger partial charge on any atom is 0.452 e. The molecular formula is C16H15Cl2F3N6O. The summed E-state index contributed by atoms with van der Waals surface area (Å²) in [6.45, 7) is 1.28. The summed E-state index contributed by atoms with van der Waals surface area (Å²) in [7, 11) is 0. The SMILES string of the molecule is NC1=NCCN(Cc2cc(Cl)ccc2Cl)C1=CC(N)=C1N=C(C(F)(F)F)NO1. The zero-order chi connectivity index (χ0) is 20.5. The van der Waals surface area contributed by atoms with Gasteiger partial charge in [0.1, 0.15) is 5.84 Å². The predicted molar refractivity (Wildman–Crippen MR) is 100 cm³/mol. The van der Waals surface area contributed by atoms with E-state index in [9.17, 15) is 13.2 Å². The van der Waals surface area contributed by atoms with E-state index in [2.05, 4.69) is 9.98 Å². The molecule has 2 aliphatic rings. The molecule has 1 aromatic rings. The smallest absolute Gasteiger partial charge is 0.394 e. The van der Waals surface area contributed by atoms with E-state index in [0.717, 1.165) is 5.56 Å². The van der Waals surface area contributed by atoms with E-state index >= 15 is 0 Å². The molecule has 0 saturated carbocycles. The van der Waals surface area contributed by atoms with Crippen LogP contribution in [0.2, 0.25) is 10.0 Å². The highest BCUT2D eigenvalue weighted by Gasteiger charge is 2.40. The molecule has 150 valence electrons. The molecule has 1 aromatic carbocycles. The first-order valence-electron chi connectivity index (χ1n) is 7.94. The average Bonchev–Trinajstić information content (AvgIpc) is 3.11. The minimum absolute atomic E-state index is 0.149. The van der Waals surface area contributed by atoms with Gasteiger partial charge in [0.2, 0.25) is 5.84 Å². The van der Waals surface area contributed by atoms with Crippen LogP contribution in [0.5, 0.6) is 0 Å². The zero-order valence-electron chi connectivity index (χ0n) is 14.2. The Labute approximate surface area is 168 Å². The van der Waals surface area contributed by atoms with E-state index in [-0.39, 0.29) is 11.5 Å². The summed E-state index contributed by atoms with van der Waals surface area (Å²) in [6.07, 6.45) is -3.33. The molecule has 0 atom stereocenters. The summed E-state index contributed by atoms with van der Waals surface area (Å²) in [6, 6.07) is 5.06. The van der Waals surface area contributed by atoms with Gasteiger partial charge in [-0.3, -0.25) is 4.99 Å². The molecule has 12 heteroatoms. The van der Waals surface area contributed by atoms with E-state index in [1.165, 1.54) is 6.08 Å². The van der Waals surface area contributed by atoms with Crippen molar-refractivity contribution < 1.29 is 18.0 Å². The third-order valence-electron chi connectivity index (χ3n) is 3.89. The van der Waals surface area contributed by atoms with Crippen LogP contribution in [-0.4, -0.2) is 35.8 Å². The first kappa shape index (κ1) is 20.2. The van der Waals surface area contributed by atoms with E-state index in [1.807, 2.05) is 4.90 Å². The van der Waals surface area contributed by atoms with Gasteiger partial charge in [-0.05, 0) is 29.8 Å². The number of benzene rings is 1. The molecule has 0 saturated heterocycles. The third-order valence-corrected chi connectivity index (χ3v) is 4.49. The fraction of sp³-hybridized carbons (Fsp3) is 0.250. The van der Waals surface area contributed by atoms with Crippen molar-refractivity contribution >= 4 is 34.9 Å². The summed E-state index contributed by atoms with van der Waals surface area (Å²) >= 11 is 12.2. The van der Waals surface area contributed by atoms with Gasteiger partial charge < -0.3 is 21.2 Å². The maximum atomic E-state index is 12.7. The molecular weight excluding hydrogens is 420 g/mol. The van der Waals surface area contributed by atoms with Crippen LogP contribution >= 0.6 is 23.2 Å². The van der Waals surface area contributed by atoms with Crippen molar-refractivity contribution in [2.75, 3.05) is 13.1 Å². The number of nitrogens with one attached hydrogen (secondary N) is 1. The van der Waals surface area contributed by atoms with Gasteiger partial charge in [0, 0.05) is 23.1 Å². The molecule has 2 heterocycles. The zero-order valence-corrected chi connectivity index (χ0v) is 15.7. The molecule has 0 spiro atoms. The second-order valence-electron chi connectivity index (χ2n) is 5.88. The number of rotatable bonds is 3. The minimum Gasteiger partial charge on any atom is -0.394 e. The van der Waals surface area contributed by atoms with Gasteiger partial charge in [-0.1, -0.05) is 23.2 Å². The lowest BCUT2D eigenvalue weighted by Crippen LogP contribution is -2.37. The van der Waals surface area contributed by atoms with Gasteiger partial charge in [-0.25, -0.2) is 0 Å².